The third-order valence-electron chi connectivity index (χ3n) is 3.80. The summed E-state index contributed by atoms with van der Waals surface area (Å²) in [5, 5.41) is 13.3. The van der Waals surface area contributed by atoms with Crippen LogP contribution in [-0.4, -0.2) is 35.3 Å². The van der Waals surface area contributed by atoms with Crippen LogP contribution in [0.5, 0.6) is 0 Å². The summed E-state index contributed by atoms with van der Waals surface area (Å²) in [6.07, 6.45) is 8.79. The number of hydrogen-bond donors (Lipinski definition) is 2. The van der Waals surface area contributed by atoms with E-state index in [9.17, 15) is 5.11 Å². The average molecular weight is 245 g/mol. The Kier molecular flexibility index (Phi) is 6.78. The molecule has 0 aliphatic heterocycles. The second-order valence-corrected chi connectivity index (χ2v) is 6.30. The first-order chi connectivity index (χ1) is 7.67. The molecule has 0 bridgehead atoms. The fourth-order valence-electron chi connectivity index (χ4n) is 2.57. The van der Waals surface area contributed by atoms with Crippen LogP contribution < -0.4 is 5.32 Å². The number of thioether (sulfide) groups is 1. The molecule has 0 radical (unpaired) electrons. The van der Waals surface area contributed by atoms with Crippen molar-refractivity contribution in [3.63, 3.8) is 0 Å². The highest BCUT2D eigenvalue weighted by Gasteiger charge is 2.21. The number of rotatable bonds is 5. The second kappa shape index (κ2) is 7.57. The van der Waals surface area contributed by atoms with E-state index in [0.717, 1.165) is 5.92 Å². The maximum Gasteiger partial charge on any atom is 0.0564 e. The van der Waals surface area contributed by atoms with Gasteiger partial charge in [-0.2, -0.15) is 11.8 Å². The molecule has 0 spiro atoms. The van der Waals surface area contributed by atoms with Crippen LogP contribution in [-0.2, 0) is 0 Å². The van der Waals surface area contributed by atoms with Gasteiger partial charge < -0.3 is 10.4 Å². The van der Waals surface area contributed by atoms with Crippen LogP contribution in [0.25, 0.3) is 0 Å². The van der Waals surface area contributed by atoms with E-state index in [2.05, 4.69) is 25.4 Å². The summed E-state index contributed by atoms with van der Waals surface area (Å²) in [6.45, 7) is 4.84. The Morgan fingerprint density at radius 3 is 2.69 bits per heavy atom. The first kappa shape index (κ1) is 14.3. The first-order valence-electron chi connectivity index (χ1n) is 6.57. The topological polar surface area (TPSA) is 32.3 Å². The largest absolute Gasteiger partial charge is 0.395 e. The Bertz CT molecular complexity index is 185. The minimum absolute atomic E-state index is 0.276. The highest BCUT2D eigenvalue weighted by molar-refractivity contribution is 7.99. The summed E-state index contributed by atoms with van der Waals surface area (Å²) in [6, 6.07) is 1.08. The van der Waals surface area contributed by atoms with E-state index >= 15 is 0 Å². The minimum Gasteiger partial charge on any atom is -0.395 e. The predicted octanol–water partition coefficient (Wildman–Crippen LogP) is 2.66. The standard InChI is InChI=1S/C13H27NOS/c1-10-5-4-6-12(8-7-10)14-11(2)13(9-15)16-3/h10-15H,4-9H2,1-3H3. The molecular weight excluding hydrogens is 218 g/mol. The monoisotopic (exact) mass is 245 g/mol. The van der Waals surface area contributed by atoms with Crippen LogP contribution in [0.2, 0.25) is 0 Å². The van der Waals surface area contributed by atoms with Gasteiger partial charge in [0.1, 0.15) is 0 Å². The molecule has 1 aliphatic rings. The van der Waals surface area contributed by atoms with Crippen molar-refractivity contribution in [3.05, 3.63) is 0 Å². The summed E-state index contributed by atoms with van der Waals surface area (Å²) in [5.74, 6) is 0.899. The Labute approximate surface area is 105 Å². The van der Waals surface area contributed by atoms with E-state index in [4.69, 9.17) is 0 Å². The van der Waals surface area contributed by atoms with Crippen LogP contribution in [0.3, 0.4) is 0 Å². The predicted molar refractivity (Wildman–Crippen MR) is 73.0 cm³/mol. The molecule has 0 aromatic heterocycles. The van der Waals surface area contributed by atoms with Crippen molar-refractivity contribution in [2.45, 2.75) is 63.3 Å². The van der Waals surface area contributed by atoms with E-state index in [-0.39, 0.29) is 6.61 Å². The zero-order valence-corrected chi connectivity index (χ0v) is 11.7. The van der Waals surface area contributed by atoms with E-state index < -0.39 is 0 Å². The van der Waals surface area contributed by atoms with Gasteiger partial charge in [0, 0.05) is 17.3 Å². The van der Waals surface area contributed by atoms with Crippen molar-refractivity contribution in [2.24, 2.45) is 5.92 Å². The summed E-state index contributed by atoms with van der Waals surface area (Å²) in [4.78, 5) is 0. The maximum atomic E-state index is 9.26. The third-order valence-corrected chi connectivity index (χ3v) is 4.96. The Morgan fingerprint density at radius 2 is 2.06 bits per heavy atom. The van der Waals surface area contributed by atoms with E-state index in [1.165, 1.54) is 32.1 Å². The normalized spacial score (nSPS) is 30.8. The summed E-state index contributed by atoms with van der Waals surface area (Å²) >= 11 is 1.76. The molecule has 16 heavy (non-hydrogen) atoms. The molecule has 4 atom stereocenters. The molecule has 0 aromatic carbocycles. The molecule has 0 saturated heterocycles. The zero-order chi connectivity index (χ0) is 12.0. The third kappa shape index (κ3) is 4.64. The molecule has 1 saturated carbocycles. The minimum atomic E-state index is 0.276. The smallest absolute Gasteiger partial charge is 0.0564 e. The summed E-state index contributed by atoms with van der Waals surface area (Å²) < 4.78 is 0. The number of aliphatic hydroxyl groups is 1. The van der Waals surface area contributed by atoms with Crippen molar-refractivity contribution in [1.29, 1.82) is 0 Å². The molecule has 0 heterocycles. The Balaban J connectivity index is 2.34. The zero-order valence-electron chi connectivity index (χ0n) is 10.9. The van der Waals surface area contributed by atoms with Gasteiger partial charge in [-0.25, -0.2) is 0 Å². The number of aliphatic hydroxyl groups excluding tert-OH is 1. The Hall–Kier alpha value is 0.270. The lowest BCUT2D eigenvalue weighted by atomic mass is 10.0. The van der Waals surface area contributed by atoms with Gasteiger partial charge in [0.05, 0.1) is 6.61 Å². The van der Waals surface area contributed by atoms with Crippen molar-refractivity contribution in [3.8, 4) is 0 Å². The molecule has 4 unspecified atom stereocenters. The number of nitrogens with one attached hydrogen (secondary N) is 1. The number of hydrogen-bond acceptors (Lipinski definition) is 3. The SMILES string of the molecule is CSC(CO)C(C)NC1CCCC(C)CC1. The van der Waals surface area contributed by atoms with Gasteiger partial charge in [0.2, 0.25) is 0 Å². The quantitative estimate of drug-likeness (QED) is 0.730. The van der Waals surface area contributed by atoms with E-state index in [0.29, 0.717) is 17.3 Å². The Morgan fingerprint density at radius 1 is 1.31 bits per heavy atom. The lowest BCUT2D eigenvalue weighted by Gasteiger charge is -2.26. The van der Waals surface area contributed by atoms with Crippen LogP contribution in [0.15, 0.2) is 0 Å². The molecule has 0 aromatic rings. The van der Waals surface area contributed by atoms with Crippen molar-refractivity contribution < 1.29 is 5.11 Å². The van der Waals surface area contributed by atoms with Gasteiger partial charge in [0.25, 0.3) is 0 Å². The van der Waals surface area contributed by atoms with E-state index in [1.54, 1.807) is 11.8 Å². The average Bonchev–Trinajstić information content (AvgIpc) is 2.46. The summed E-state index contributed by atoms with van der Waals surface area (Å²) in [5.41, 5.74) is 0. The molecule has 2 N–H and O–H groups in total. The van der Waals surface area contributed by atoms with Gasteiger partial charge >= 0.3 is 0 Å². The van der Waals surface area contributed by atoms with Crippen molar-refractivity contribution >= 4 is 11.8 Å². The van der Waals surface area contributed by atoms with Crippen LogP contribution in [0, 0.1) is 5.92 Å². The van der Waals surface area contributed by atoms with Gasteiger partial charge in [-0.05, 0) is 38.4 Å². The van der Waals surface area contributed by atoms with Crippen LogP contribution in [0.1, 0.15) is 46.0 Å². The van der Waals surface area contributed by atoms with Gasteiger partial charge in [-0.3, -0.25) is 0 Å². The molecular formula is C13H27NOS. The lowest BCUT2D eigenvalue weighted by Crippen LogP contribution is -2.43. The van der Waals surface area contributed by atoms with Gasteiger partial charge in [0.15, 0.2) is 0 Å². The highest BCUT2D eigenvalue weighted by Crippen LogP contribution is 2.23. The van der Waals surface area contributed by atoms with Gasteiger partial charge in [-0.1, -0.05) is 19.8 Å². The second-order valence-electron chi connectivity index (χ2n) is 5.22. The van der Waals surface area contributed by atoms with Gasteiger partial charge in [-0.15, -0.1) is 0 Å². The molecule has 0 amide bonds. The molecule has 1 fully saturated rings. The first-order valence-corrected chi connectivity index (χ1v) is 7.85. The van der Waals surface area contributed by atoms with Crippen LogP contribution in [0.4, 0.5) is 0 Å². The van der Waals surface area contributed by atoms with Crippen LogP contribution >= 0.6 is 11.8 Å². The van der Waals surface area contributed by atoms with Crippen molar-refractivity contribution in [1.82, 2.24) is 5.32 Å². The molecule has 1 aliphatic carbocycles. The maximum absolute atomic E-state index is 9.26. The lowest BCUT2D eigenvalue weighted by molar-refractivity contribution is 0.267. The molecule has 1 rings (SSSR count). The molecule has 2 nitrogen and oxygen atoms in total. The fraction of sp³-hybridized carbons (Fsp3) is 1.00. The highest BCUT2D eigenvalue weighted by atomic mass is 32.2. The fourth-order valence-corrected chi connectivity index (χ4v) is 3.21. The summed E-state index contributed by atoms with van der Waals surface area (Å²) in [7, 11) is 0. The van der Waals surface area contributed by atoms with E-state index in [1.807, 2.05) is 0 Å². The molecule has 96 valence electrons. The molecule has 3 heteroatoms. The van der Waals surface area contributed by atoms with Crippen molar-refractivity contribution in [2.75, 3.05) is 12.9 Å².